The Morgan fingerprint density at radius 3 is 3.00 bits per heavy atom. The minimum Gasteiger partial charge on any atom is -0.467 e. The van der Waals surface area contributed by atoms with Gasteiger partial charge in [-0.3, -0.25) is 14.0 Å². The number of nitrogen functional groups attached to an aromatic ring is 1. The van der Waals surface area contributed by atoms with Gasteiger partial charge < -0.3 is 20.2 Å². The number of rotatable bonds is 5. The normalized spacial score (nSPS) is 16.1. The van der Waals surface area contributed by atoms with Crippen molar-refractivity contribution in [2.45, 2.75) is 39.0 Å². The fourth-order valence-electron chi connectivity index (χ4n) is 4.14. The average molecular weight is 434 g/mol. The molecular formula is C23H24N5O4+. The predicted octanol–water partition coefficient (Wildman–Crippen LogP) is 1.73. The molecule has 0 saturated carbocycles. The highest BCUT2D eigenvalue weighted by molar-refractivity contribution is 6.00. The SMILES string of the molecule is Cc1cccn2c(=O)c3cc(C(=O)NCc4ccco4)c(N)[n+](CC4CCCO4)c3nc12. The third kappa shape index (κ3) is 3.50. The van der Waals surface area contributed by atoms with E-state index in [1.54, 1.807) is 35.2 Å². The molecule has 1 aliphatic rings. The van der Waals surface area contributed by atoms with Gasteiger partial charge in [0.05, 0.1) is 25.5 Å². The van der Waals surface area contributed by atoms with Gasteiger partial charge >= 0.3 is 0 Å². The summed E-state index contributed by atoms with van der Waals surface area (Å²) >= 11 is 0. The molecule has 0 aliphatic carbocycles. The lowest BCUT2D eigenvalue weighted by Crippen LogP contribution is -2.46. The maximum Gasteiger partial charge on any atom is 0.278 e. The Balaban J connectivity index is 1.67. The number of amides is 1. The van der Waals surface area contributed by atoms with Crippen molar-refractivity contribution in [1.82, 2.24) is 14.7 Å². The quantitative estimate of drug-likeness (QED) is 0.365. The predicted molar refractivity (Wildman–Crippen MR) is 117 cm³/mol. The number of nitrogens with one attached hydrogen (secondary N) is 1. The summed E-state index contributed by atoms with van der Waals surface area (Å²) in [4.78, 5) is 31.1. The molecule has 32 heavy (non-hydrogen) atoms. The molecule has 0 aromatic carbocycles. The summed E-state index contributed by atoms with van der Waals surface area (Å²) in [6.45, 7) is 3.21. The van der Waals surface area contributed by atoms with E-state index in [0.29, 0.717) is 35.6 Å². The molecule has 1 unspecified atom stereocenters. The van der Waals surface area contributed by atoms with Gasteiger partial charge in [-0.2, -0.15) is 0 Å². The Kier molecular flexibility index (Phi) is 5.10. The number of pyridine rings is 2. The van der Waals surface area contributed by atoms with Crippen LogP contribution in [0, 0.1) is 6.92 Å². The topological polar surface area (TPSA) is 116 Å². The lowest BCUT2D eigenvalue weighted by atomic mass is 10.1. The number of nitrogens with two attached hydrogens (primary N) is 1. The molecule has 9 nitrogen and oxygen atoms in total. The number of carbonyl (C=O) groups is 1. The Labute approximate surface area is 183 Å². The number of hydrogen-bond acceptors (Lipinski definition) is 6. The van der Waals surface area contributed by atoms with Gasteiger partial charge in [-0.15, -0.1) is 0 Å². The molecule has 4 aromatic rings. The van der Waals surface area contributed by atoms with Crippen LogP contribution in [0.5, 0.6) is 0 Å². The minimum atomic E-state index is -0.393. The monoisotopic (exact) mass is 434 g/mol. The highest BCUT2D eigenvalue weighted by atomic mass is 16.5. The Bertz CT molecular complexity index is 1370. The molecule has 1 saturated heterocycles. The molecule has 164 valence electrons. The molecule has 4 aromatic heterocycles. The number of nitrogens with zero attached hydrogens (tertiary/aromatic N) is 3. The van der Waals surface area contributed by atoms with Crippen LogP contribution in [0.1, 0.15) is 34.5 Å². The molecule has 0 radical (unpaired) electrons. The summed E-state index contributed by atoms with van der Waals surface area (Å²) in [5, 5.41) is 3.13. The van der Waals surface area contributed by atoms with Gasteiger partial charge in [0.2, 0.25) is 11.5 Å². The van der Waals surface area contributed by atoms with Crippen LogP contribution in [0.4, 0.5) is 5.82 Å². The first-order valence-electron chi connectivity index (χ1n) is 10.6. The van der Waals surface area contributed by atoms with Crippen molar-refractivity contribution in [3.8, 4) is 0 Å². The first-order chi connectivity index (χ1) is 15.5. The van der Waals surface area contributed by atoms with Crippen molar-refractivity contribution in [1.29, 1.82) is 0 Å². The van der Waals surface area contributed by atoms with Crippen molar-refractivity contribution >= 4 is 28.4 Å². The van der Waals surface area contributed by atoms with Crippen molar-refractivity contribution in [2.24, 2.45) is 0 Å². The highest BCUT2D eigenvalue weighted by Crippen LogP contribution is 2.19. The van der Waals surface area contributed by atoms with E-state index >= 15 is 0 Å². The van der Waals surface area contributed by atoms with Crippen molar-refractivity contribution < 1.29 is 18.5 Å². The van der Waals surface area contributed by atoms with Crippen LogP contribution in [0.15, 0.2) is 52.0 Å². The molecular weight excluding hydrogens is 410 g/mol. The maximum absolute atomic E-state index is 13.4. The van der Waals surface area contributed by atoms with Gasteiger partial charge in [-0.1, -0.05) is 11.1 Å². The maximum atomic E-state index is 13.4. The van der Waals surface area contributed by atoms with E-state index in [1.165, 1.54) is 10.5 Å². The first-order valence-corrected chi connectivity index (χ1v) is 10.6. The summed E-state index contributed by atoms with van der Waals surface area (Å²) in [6, 6.07) is 8.75. The number of fused-ring (bicyclic) bond motifs is 2. The molecule has 9 heteroatoms. The van der Waals surface area contributed by atoms with E-state index in [2.05, 4.69) is 5.32 Å². The number of hydrogen-bond donors (Lipinski definition) is 2. The number of furan rings is 1. The molecule has 1 fully saturated rings. The Hall–Kier alpha value is -3.72. The van der Waals surface area contributed by atoms with E-state index < -0.39 is 5.91 Å². The Morgan fingerprint density at radius 2 is 2.25 bits per heavy atom. The zero-order valence-electron chi connectivity index (χ0n) is 17.7. The third-order valence-electron chi connectivity index (χ3n) is 5.83. The first kappa shape index (κ1) is 20.2. The summed E-state index contributed by atoms with van der Waals surface area (Å²) < 4.78 is 14.3. The van der Waals surface area contributed by atoms with Crippen molar-refractivity contribution in [2.75, 3.05) is 12.3 Å². The average Bonchev–Trinajstić information content (AvgIpc) is 3.49. The summed E-state index contributed by atoms with van der Waals surface area (Å²) in [7, 11) is 0. The molecule has 0 bridgehead atoms. The number of anilines is 1. The second-order valence-electron chi connectivity index (χ2n) is 7.99. The summed E-state index contributed by atoms with van der Waals surface area (Å²) in [6.07, 6.45) is 5.01. The largest absolute Gasteiger partial charge is 0.467 e. The van der Waals surface area contributed by atoms with Gasteiger partial charge in [0, 0.05) is 18.4 Å². The van der Waals surface area contributed by atoms with Crippen molar-refractivity contribution in [3.63, 3.8) is 0 Å². The van der Waals surface area contributed by atoms with E-state index in [-0.39, 0.29) is 29.6 Å². The van der Waals surface area contributed by atoms with Gasteiger partial charge in [-0.05, 0) is 44.0 Å². The minimum absolute atomic E-state index is 0.0518. The lowest BCUT2D eigenvalue weighted by Gasteiger charge is -2.15. The second kappa shape index (κ2) is 8.08. The summed E-state index contributed by atoms with van der Waals surface area (Å²) in [5.74, 6) is 0.471. The highest BCUT2D eigenvalue weighted by Gasteiger charge is 2.28. The fraction of sp³-hybridized carbons (Fsp3) is 0.304. The van der Waals surface area contributed by atoms with Crippen LogP contribution >= 0.6 is 0 Å². The van der Waals surface area contributed by atoms with Crippen LogP contribution in [-0.4, -0.2) is 28.0 Å². The van der Waals surface area contributed by atoms with E-state index in [9.17, 15) is 9.59 Å². The smallest absolute Gasteiger partial charge is 0.278 e. The van der Waals surface area contributed by atoms with Gasteiger partial charge in [0.15, 0.2) is 0 Å². The van der Waals surface area contributed by atoms with Crippen LogP contribution in [-0.2, 0) is 17.8 Å². The molecule has 1 aliphatic heterocycles. The molecule has 5 rings (SSSR count). The second-order valence-corrected chi connectivity index (χ2v) is 7.99. The zero-order valence-corrected chi connectivity index (χ0v) is 17.7. The molecule has 1 amide bonds. The number of aromatic nitrogens is 3. The number of carbonyl (C=O) groups excluding carboxylic acids is 1. The van der Waals surface area contributed by atoms with Gasteiger partial charge in [0.25, 0.3) is 17.1 Å². The van der Waals surface area contributed by atoms with Crippen LogP contribution < -0.4 is 21.2 Å². The molecule has 1 atom stereocenters. The van der Waals surface area contributed by atoms with Crippen LogP contribution in [0.25, 0.3) is 16.7 Å². The molecule has 3 N–H and O–H groups in total. The number of aryl methyl sites for hydroxylation is 1. The van der Waals surface area contributed by atoms with E-state index in [0.717, 1.165) is 18.4 Å². The Morgan fingerprint density at radius 1 is 1.38 bits per heavy atom. The van der Waals surface area contributed by atoms with Crippen LogP contribution in [0.3, 0.4) is 0 Å². The molecule has 0 spiro atoms. The van der Waals surface area contributed by atoms with Crippen molar-refractivity contribution in [3.05, 3.63) is 70.0 Å². The number of ether oxygens (including phenoxy) is 1. The fourth-order valence-corrected chi connectivity index (χ4v) is 4.14. The van der Waals surface area contributed by atoms with Crippen LogP contribution in [0.2, 0.25) is 0 Å². The van der Waals surface area contributed by atoms with E-state index in [1.807, 2.05) is 13.0 Å². The lowest BCUT2D eigenvalue weighted by molar-refractivity contribution is -0.666. The van der Waals surface area contributed by atoms with Gasteiger partial charge in [-0.25, -0.2) is 4.57 Å². The standard InChI is InChI=1S/C23H23N5O4/c1-14-5-2-8-27-20(14)26-21-18(23(27)30)11-17(22(29)25-12-15-6-3-9-31-15)19(24)28(21)13-16-7-4-10-32-16/h2-3,5-6,8-9,11,16,24H,4,7,10,12-13H2,1H3,(H,25,29)/p+1. The van der Waals surface area contributed by atoms with Gasteiger partial charge in [0.1, 0.15) is 16.7 Å². The van der Waals surface area contributed by atoms with E-state index in [4.69, 9.17) is 19.9 Å². The zero-order chi connectivity index (χ0) is 22.2. The summed E-state index contributed by atoms with van der Waals surface area (Å²) in [5.41, 5.74) is 8.32. The third-order valence-corrected chi connectivity index (χ3v) is 5.83. The molecule has 5 heterocycles.